The Bertz CT molecular complexity index is 950. The maximum Gasteiger partial charge on any atom is 0.417 e. The molecule has 3 rings (SSSR count). The highest BCUT2D eigenvalue weighted by atomic mass is 35.5. The Labute approximate surface area is 146 Å². The lowest BCUT2D eigenvalue weighted by Crippen LogP contribution is -2.17. The van der Waals surface area contributed by atoms with Crippen molar-refractivity contribution in [1.29, 1.82) is 0 Å². The second-order valence-electron chi connectivity index (χ2n) is 5.37. The third-order valence-electron chi connectivity index (χ3n) is 3.65. The number of nitrogens with one attached hydrogen (secondary N) is 1. The van der Waals surface area contributed by atoms with E-state index in [9.17, 15) is 18.0 Å². The smallest absolute Gasteiger partial charge is 0.321 e. The van der Waals surface area contributed by atoms with Crippen molar-refractivity contribution in [3.05, 3.63) is 64.6 Å². The van der Waals surface area contributed by atoms with Crippen LogP contribution in [-0.2, 0) is 12.6 Å². The number of fused-ring (bicyclic) bond motifs is 1. The van der Waals surface area contributed by atoms with Crippen LogP contribution >= 0.6 is 11.6 Å². The summed E-state index contributed by atoms with van der Waals surface area (Å²) in [6.07, 6.45) is -3.22. The third kappa shape index (κ3) is 3.46. The van der Waals surface area contributed by atoms with E-state index in [0.717, 1.165) is 12.3 Å². The van der Waals surface area contributed by atoms with E-state index in [1.165, 1.54) is 10.5 Å². The molecule has 0 unspecified atom stereocenters. The number of imidazole rings is 1. The first kappa shape index (κ1) is 17.3. The van der Waals surface area contributed by atoms with Crippen molar-refractivity contribution in [3.8, 4) is 0 Å². The number of carbonyl (C=O) groups is 1. The maximum atomic E-state index is 13.0. The molecule has 0 radical (unpaired) electrons. The molecule has 1 amide bonds. The number of anilines is 1. The molecule has 25 heavy (non-hydrogen) atoms. The van der Waals surface area contributed by atoms with E-state index in [-0.39, 0.29) is 11.3 Å². The number of amides is 1. The zero-order valence-electron chi connectivity index (χ0n) is 13.1. The van der Waals surface area contributed by atoms with Gasteiger partial charge in [-0.2, -0.15) is 13.2 Å². The predicted octanol–water partition coefficient (Wildman–Crippen LogP) is 4.82. The van der Waals surface area contributed by atoms with Gasteiger partial charge in [0.1, 0.15) is 11.3 Å². The van der Waals surface area contributed by atoms with Gasteiger partial charge in [0.15, 0.2) is 0 Å². The fourth-order valence-electron chi connectivity index (χ4n) is 2.50. The highest BCUT2D eigenvalue weighted by Crippen LogP contribution is 2.30. The molecule has 0 aliphatic heterocycles. The molecular weight excluding hydrogens is 355 g/mol. The molecule has 0 saturated heterocycles. The molecule has 0 bridgehead atoms. The first-order chi connectivity index (χ1) is 11.8. The van der Waals surface area contributed by atoms with Crippen molar-refractivity contribution in [1.82, 2.24) is 9.38 Å². The number of carbonyl (C=O) groups excluding carboxylic acids is 1. The van der Waals surface area contributed by atoms with Crippen molar-refractivity contribution >= 4 is 28.8 Å². The topological polar surface area (TPSA) is 46.4 Å². The van der Waals surface area contributed by atoms with Gasteiger partial charge in [-0.05, 0) is 36.8 Å². The normalized spacial score (nSPS) is 11.7. The van der Waals surface area contributed by atoms with Crippen LogP contribution in [-0.4, -0.2) is 15.3 Å². The maximum absolute atomic E-state index is 13.0. The number of hydrogen-bond acceptors (Lipinski definition) is 2. The summed E-state index contributed by atoms with van der Waals surface area (Å²) in [5.74, 6) is -0.550. The van der Waals surface area contributed by atoms with E-state index in [0.29, 0.717) is 22.8 Å². The van der Waals surface area contributed by atoms with E-state index in [1.54, 1.807) is 31.2 Å². The average molecular weight is 368 g/mol. The van der Waals surface area contributed by atoms with Gasteiger partial charge in [-0.3, -0.25) is 9.20 Å². The molecule has 0 saturated carbocycles. The number of benzene rings is 1. The minimum atomic E-state index is -4.51. The van der Waals surface area contributed by atoms with E-state index in [2.05, 4.69) is 10.3 Å². The average Bonchev–Trinajstić information content (AvgIpc) is 2.91. The monoisotopic (exact) mass is 367 g/mol. The first-order valence-corrected chi connectivity index (χ1v) is 7.82. The number of halogens is 4. The van der Waals surface area contributed by atoms with Gasteiger partial charge in [-0.1, -0.05) is 24.6 Å². The van der Waals surface area contributed by atoms with E-state index in [4.69, 9.17) is 11.6 Å². The van der Waals surface area contributed by atoms with Gasteiger partial charge >= 0.3 is 6.18 Å². The molecule has 0 atom stereocenters. The summed E-state index contributed by atoms with van der Waals surface area (Å²) in [5, 5.41) is 3.08. The number of rotatable bonds is 3. The van der Waals surface area contributed by atoms with Crippen LogP contribution in [0.4, 0.5) is 18.9 Å². The zero-order valence-corrected chi connectivity index (χ0v) is 13.8. The fourth-order valence-corrected chi connectivity index (χ4v) is 2.69. The summed E-state index contributed by atoms with van der Waals surface area (Å²) in [4.78, 5) is 16.9. The van der Waals surface area contributed by atoms with Crippen LogP contribution in [0.1, 0.15) is 28.7 Å². The summed E-state index contributed by atoms with van der Waals surface area (Å²) in [6.45, 7) is 1.78. The van der Waals surface area contributed by atoms with Crippen LogP contribution in [0.3, 0.4) is 0 Å². The molecule has 1 N–H and O–H groups in total. The zero-order chi connectivity index (χ0) is 18.2. The molecule has 4 nitrogen and oxygen atoms in total. The Morgan fingerprint density at radius 1 is 1.28 bits per heavy atom. The molecule has 0 aliphatic carbocycles. The molecule has 8 heteroatoms. The van der Waals surface area contributed by atoms with Crippen LogP contribution in [0.2, 0.25) is 5.02 Å². The van der Waals surface area contributed by atoms with Crippen molar-refractivity contribution in [3.63, 3.8) is 0 Å². The molecule has 0 fully saturated rings. The van der Waals surface area contributed by atoms with Crippen molar-refractivity contribution in [2.75, 3.05) is 5.32 Å². The van der Waals surface area contributed by atoms with Crippen LogP contribution in [0, 0.1) is 0 Å². The Hall–Kier alpha value is -2.54. The molecule has 2 heterocycles. The number of aryl methyl sites for hydroxylation is 1. The second kappa shape index (κ2) is 6.40. The van der Waals surface area contributed by atoms with Gasteiger partial charge in [0, 0.05) is 16.9 Å². The minimum absolute atomic E-state index is 0.0728. The van der Waals surface area contributed by atoms with E-state index in [1.807, 2.05) is 0 Å². The van der Waals surface area contributed by atoms with Gasteiger partial charge in [-0.25, -0.2) is 4.98 Å². The van der Waals surface area contributed by atoms with Crippen molar-refractivity contribution in [2.24, 2.45) is 0 Å². The molecule has 1 aromatic carbocycles. The van der Waals surface area contributed by atoms with E-state index >= 15 is 0 Å². The van der Waals surface area contributed by atoms with Crippen LogP contribution in [0.15, 0.2) is 42.6 Å². The number of aromatic nitrogens is 2. The van der Waals surface area contributed by atoms with Crippen LogP contribution < -0.4 is 5.32 Å². The number of alkyl halides is 3. The molecule has 130 valence electrons. The second-order valence-corrected chi connectivity index (χ2v) is 5.81. The minimum Gasteiger partial charge on any atom is -0.321 e. The fraction of sp³-hybridized carbons (Fsp3) is 0.176. The van der Waals surface area contributed by atoms with Crippen LogP contribution in [0.25, 0.3) is 5.65 Å². The van der Waals surface area contributed by atoms with Crippen molar-refractivity contribution < 1.29 is 18.0 Å². The third-order valence-corrected chi connectivity index (χ3v) is 3.89. The largest absolute Gasteiger partial charge is 0.417 e. The van der Waals surface area contributed by atoms with Gasteiger partial charge < -0.3 is 5.32 Å². The molecule has 0 spiro atoms. The quantitative estimate of drug-likeness (QED) is 0.721. The SMILES string of the molecule is CCc1nc2ccc(C(F)(F)F)cn2c1C(=O)Nc1cccc(Cl)c1. The predicted molar refractivity (Wildman–Crippen MR) is 89.0 cm³/mol. The Morgan fingerprint density at radius 2 is 2.04 bits per heavy atom. The Morgan fingerprint density at radius 3 is 2.68 bits per heavy atom. The Balaban J connectivity index is 2.08. The summed E-state index contributed by atoms with van der Waals surface area (Å²) in [6, 6.07) is 8.70. The van der Waals surface area contributed by atoms with Gasteiger partial charge in [0.25, 0.3) is 5.91 Å². The van der Waals surface area contributed by atoms with Gasteiger partial charge in [0.2, 0.25) is 0 Å². The number of hydrogen-bond donors (Lipinski definition) is 1. The molecule has 2 aromatic heterocycles. The van der Waals surface area contributed by atoms with Gasteiger partial charge in [0.05, 0.1) is 11.3 Å². The summed E-state index contributed by atoms with van der Waals surface area (Å²) in [7, 11) is 0. The molecular formula is C17H13ClF3N3O. The van der Waals surface area contributed by atoms with E-state index < -0.39 is 17.6 Å². The molecule has 0 aliphatic rings. The summed E-state index contributed by atoms with van der Waals surface area (Å²) in [5.41, 5.74) is 0.363. The highest BCUT2D eigenvalue weighted by Gasteiger charge is 2.31. The Kier molecular flexibility index (Phi) is 4.43. The first-order valence-electron chi connectivity index (χ1n) is 7.44. The lowest BCUT2D eigenvalue weighted by molar-refractivity contribution is -0.137. The summed E-state index contributed by atoms with van der Waals surface area (Å²) >= 11 is 5.88. The van der Waals surface area contributed by atoms with Gasteiger partial charge in [-0.15, -0.1) is 0 Å². The summed E-state index contributed by atoms with van der Waals surface area (Å²) < 4.78 is 40.1. The van der Waals surface area contributed by atoms with Crippen molar-refractivity contribution in [2.45, 2.75) is 19.5 Å². The lowest BCUT2D eigenvalue weighted by Gasteiger charge is -2.09. The van der Waals surface area contributed by atoms with Crippen LogP contribution in [0.5, 0.6) is 0 Å². The lowest BCUT2D eigenvalue weighted by atomic mass is 10.2. The highest BCUT2D eigenvalue weighted by molar-refractivity contribution is 6.30. The molecule has 3 aromatic rings. The number of nitrogens with zero attached hydrogens (tertiary/aromatic N) is 2. The standard InChI is InChI=1S/C17H13ClF3N3O/c1-2-13-15(16(25)22-12-5-3-4-11(18)8-12)24-9-10(17(19,20)21)6-7-14(24)23-13/h3-9H,2H2,1H3,(H,22,25). The number of pyridine rings is 1.